The molecule has 0 bridgehead atoms. The molecule has 0 aliphatic carbocycles. The first kappa shape index (κ1) is 6.05. The lowest BCUT2D eigenvalue weighted by atomic mass is 10.2. The summed E-state index contributed by atoms with van der Waals surface area (Å²) >= 11 is 0. The standard InChI is InChI=1S/C6H12O2/c1-5-3-4-6(2,7)8-5/h5,7H,3-4H2,1-2H3. The monoisotopic (exact) mass is 116 g/mol. The molecule has 0 aromatic heterocycles. The molecule has 1 aliphatic rings. The molecule has 0 amide bonds. The maximum absolute atomic E-state index is 9.14. The summed E-state index contributed by atoms with van der Waals surface area (Å²) in [6, 6.07) is 0. The predicted molar refractivity (Wildman–Crippen MR) is 30.4 cm³/mol. The maximum Gasteiger partial charge on any atom is 0.163 e. The van der Waals surface area contributed by atoms with Crippen molar-refractivity contribution in [3.8, 4) is 0 Å². The third-order valence-electron chi connectivity index (χ3n) is 1.47. The number of rotatable bonds is 0. The van der Waals surface area contributed by atoms with E-state index in [1.165, 1.54) is 0 Å². The molecular weight excluding hydrogens is 104 g/mol. The molecule has 0 radical (unpaired) electrons. The van der Waals surface area contributed by atoms with Gasteiger partial charge in [0.2, 0.25) is 0 Å². The highest BCUT2D eigenvalue weighted by Gasteiger charge is 2.30. The van der Waals surface area contributed by atoms with E-state index in [0.717, 1.165) is 12.8 Å². The van der Waals surface area contributed by atoms with Crippen molar-refractivity contribution in [3.63, 3.8) is 0 Å². The summed E-state index contributed by atoms with van der Waals surface area (Å²) in [5, 5.41) is 9.14. The summed E-state index contributed by atoms with van der Waals surface area (Å²) in [4.78, 5) is 0. The fourth-order valence-corrected chi connectivity index (χ4v) is 1.02. The zero-order valence-electron chi connectivity index (χ0n) is 5.35. The Kier molecular flexibility index (Phi) is 1.29. The molecule has 0 spiro atoms. The normalized spacial score (nSPS) is 47.6. The Morgan fingerprint density at radius 1 is 1.75 bits per heavy atom. The van der Waals surface area contributed by atoms with Crippen LogP contribution in [0.2, 0.25) is 0 Å². The average molecular weight is 116 g/mol. The van der Waals surface area contributed by atoms with Gasteiger partial charge in [0.1, 0.15) is 0 Å². The molecule has 1 fully saturated rings. The molecule has 0 aromatic rings. The first-order valence-corrected chi connectivity index (χ1v) is 3.00. The second-order valence-electron chi connectivity index (χ2n) is 2.64. The zero-order valence-corrected chi connectivity index (χ0v) is 5.35. The topological polar surface area (TPSA) is 29.5 Å². The third-order valence-corrected chi connectivity index (χ3v) is 1.47. The van der Waals surface area contributed by atoms with Crippen LogP contribution < -0.4 is 0 Å². The van der Waals surface area contributed by atoms with Crippen molar-refractivity contribution in [2.45, 2.75) is 38.6 Å². The number of hydrogen-bond acceptors (Lipinski definition) is 2. The molecule has 1 saturated heterocycles. The summed E-state index contributed by atoms with van der Waals surface area (Å²) in [7, 11) is 0. The molecule has 2 unspecified atom stereocenters. The summed E-state index contributed by atoms with van der Waals surface area (Å²) < 4.78 is 5.10. The van der Waals surface area contributed by atoms with Gasteiger partial charge in [-0.25, -0.2) is 0 Å². The smallest absolute Gasteiger partial charge is 0.163 e. The first-order valence-electron chi connectivity index (χ1n) is 3.00. The fraction of sp³-hybridized carbons (Fsp3) is 1.00. The third kappa shape index (κ3) is 1.20. The minimum atomic E-state index is -0.834. The zero-order chi connectivity index (χ0) is 6.20. The highest BCUT2D eigenvalue weighted by atomic mass is 16.6. The molecule has 2 nitrogen and oxygen atoms in total. The van der Waals surface area contributed by atoms with Crippen molar-refractivity contribution in [2.75, 3.05) is 0 Å². The number of aliphatic hydroxyl groups is 1. The molecule has 0 saturated carbocycles. The van der Waals surface area contributed by atoms with Gasteiger partial charge in [-0.05, 0) is 20.3 Å². The van der Waals surface area contributed by atoms with Crippen LogP contribution >= 0.6 is 0 Å². The maximum atomic E-state index is 9.14. The summed E-state index contributed by atoms with van der Waals surface area (Å²) in [6.45, 7) is 3.68. The number of hydrogen-bond donors (Lipinski definition) is 1. The van der Waals surface area contributed by atoms with Gasteiger partial charge in [-0.15, -0.1) is 0 Å². The van der Waals surface area contributed by atoms with E-state index in [1.807, 2.05) is 6.92 Å². The predicted octanol–water partition coefficient (Wildman–Crippen LogP) is 0.894. The van der Waals surface area contributed by atoms with E-state index in [4.69, 9.17) is 9.84 Å². The van der Waals surface area contributed by atoms with Gasteiger partial charge in [-0.1, -0.05) is 0 Å². The van der Waals surface area contributed by atoms with Gasteiger partial charge in [0.15, 0.2) is 5.79 Å². The van der Waals surface area contributed by atoms with Gasteiger partial charge in [0, 0.05) is 6.42 Å². The molecule has 0 aromatic carbocycles. The van der Waals surface area contributed by atoms with Crippen molar-refractivity contribution in [2.24, 2.45) is 0 Å². The molecule has 8 heavy (non-hydrogen) atoms. The van der Waals surface area contributed by atoms with E-state index >= 15 is 0 Å². The lowest BCUT2D eigenvalue weighted by molar-refractivity contribution is -0.174. The van der Waals surface area contributed by atoms with E-state index in [2.05, 4.69) is 0 Å². The van der Waals surface area contributed by atoms with Crippen LogP contribution in [-0.2, 0) is 4.74 Å². The molecule has 1 aliphatic heterocycles. The Labute approximate surface area is 49.5 Å². The van der Waals surface area contributed by atoms with Crippen molar-refractivity contribution >= 4 is 0 Å². The molecule has 2 heteroatoms. The van der Waals surface area contributed by atoms with Gasteiger partial charge in [-0.2, -0.15) is 0 Å². The minimum absolute atomic E-state index is 0.241. The quantitative estimate of drug-likeness (QED) is 0.509. The van der Waals surface area contributed by atoms with Crippen LogP contribution in [-0.4, -0.2) is 17.0 Å². The van der Waals surface area contributed by atoms with Gasteiger partial charge in [-0.3, -0.25) is 0 Å². The van der Waals surface area contributed by atoms with Crippen LogP contribution in [0, 0.1) is 0 Å². The molecular formula is C6H12O2. The highest BCUT2D eigenvalue weighted by molar-refractivity contribution is 4.71. The van der Waals surface area contributed by atoms with Crippen molar-refractivity contribution in [1.29, 1.82) is 0 Å². The van der Waals surface area contributed by atoms with Crippen molar-refractivity contribution in [1.82, 2.24) is 0 Å². The van der Waals surface area contributed by atoms with E-state index in [-0.39, 0.29) is 6.10 Å². The van der Waals surface area contributed by atoms with E-state index in [1.54, 1.807) is 6.92 Å². The van der Waals surface area contributed by atoms with E-state index in [9.17, 15) is 0 Å². The van der Waals surface area contributed by atoms with Gasteiger partial charge in [0.05, 0.1) is 6.10 Å². The lowest BCUT2D eigenvalue weighted by Crippen LogP contribution is -2.22. The fourth-order valence-electron chi connectivity index (χ4n) is 1.02. The Hall–Kier alpha value is -0.0800. The Balaban J connectivity index is 2.44. The van der Waals surface area contributed by atoms with Crippen molar-refractivity contribution < 1.29 is 9.84 Å². The van der Waals surface area contributed by atoms with Crippen LogP contribution in [0.15, 0.2) is 0 Å². The van der Waals surface area contributed by atoms with Crippen molar-refractivity contribution in [3.05, 3.63) is 0 Å². The molecule has 48 valence electrons. The molecule has 1 heterocycles. The van der Waals surface area contributed by atoms with Gasteiger partial charge < -0.3 is 9.84 Å². The summed E-state index contributed by atoms with van der Waals surface area (Å²) in [6.07, 6.45) is 1.99. The first-order chi connectivity index (χ1) is 3.60. The van der Waals surface area contributed by atoms with Gasteiger partial charge >= 0.3 is 0 Å². The van der Waals surface area contributed by atoms with Crippen LogP contribution in [0.1, 0.15) is 26.7 Å². The van der Waals surface area contributed by atoms with E-state index in [0.29, 0.717) is 0 Å². The summed E-state index contributed by atoms with van der Waals surface area (Å²) in [5.74, 6) is -0.834. The van der Waals surface area contributed by atoms with Crippen LogP contribution in [0.4, 0.5) is 0 Å². The Bertz CT molecular complexity index is 88.5. The van der Waals surface area contributed by atoms with E-state index < -0.39 is 5.79 Å². The second kappa shape index (κ2) is 1.71. The van der Waals surface area contributed by atoms with Gasteiger partial charge in [0.25, 0.3) is 0 Å². The highest BCUT2D eigenvalue weighted by Crippen LogP contribution is 2.26. The minimum Gasteiger partial charge on any atom is -0.366 e. The van der Waals surface area contributed by atoms with Crippen LogP contribution in [0.5, 0.6) is 0 Å². The molecule has 2 atom stereocenters. The lowest BCUT2D eigenvalue weighted by Gasteiger charge is -2.15. The summed E-state index contributed by atoms with van der Waals surface area (Å²) in [5.41, 5.74) is 0. The van der Waals surface area contributed by atoms with Crippen LogP contribution in [0.3, 0.4) is 0 Å². The largest absolute Gasteiger partial charge is 0.366 e. The Morgan fingerprint density at radius 3 is 2.50 bits per heavy atom. The second-order valence-corrected chi connectivity index (χ2v) is 2.64. The molecule has 1 rings (SSSR count). The number of ether oxygens (including phenoxy) is 1. The average Bonchev–Trinajstić information content (AvgIpc) is 1.82. The molecule has 1 N–H and O–H groups in total. The SMILES string of the molecule is CC1CCC(C)(O)O1. The van der Waals surface area contributed by atoms with Crippen LogP contribution in [0.25, 0.3) is 0 Å². The Morgan fingerprint density at radius 2 is 2.38 bits per heavy atom.